The molecule has 0 unspecified atom stereocenters. The lowest BCUT2D eigenvalue weighted by atomic mass is 10.1. The van der Waals surface area contributed by atoms with Crippen LogP contribution in [0.25, 0.3) is 0 Å². The fourth-order valence-corrected chi connectivity index (χ4v) is 2.51. The molecule has 2 rings (SSSR count). The van der Waals surface area contributed by atoms with Gasteiger partial charge in [0.15, 0.2) is 0 Å². The van der Waals surface area contributed by atoms with Gasteiger partial charge >= 0.3 is 0 Å². The average molecular weight is 276 g/mol. The Bertz CT molecular complexity index is 791. The number of nitrogens with zero attached hydrogens (tertiary/aromatic N) is 3. The minimum Gasteiger partial charge on any atom is -0.398 e. The third-order valence-electron chi connectivity index (χ3n) is 2.61. The van der Waals surface area contributed by atoms with Gasteiger partial charge in [0.05, 0.1) is 16.7 Å². The molecule has 0 spiro atoms. The summed E-state index contributed by atoms with van der Waals surface area (Å²) in [5.41, 5.74) is 7.22. The van der Waals surface area contributed by atoms with Gasteiger partial charge in [-0.25, -0.2) is 0 Å². The van der Waals surface area contributed by atoms with Crippen LogP contribution in [0, 0.1) is 34.0 Å². The second kappa shape index (κ2) is 5.80. The summed E-state index contributed by atoms with van der Waals surface area (Å²) in [6, 6.07) is 16.2. The predicted octanol–water partition coefficient (Wildman–Crippen LogP) is 3.04. The van der Waals surface area contributed by atoms with E-state index in [0.717, 1.165) is 9.79 Å². The Morgan fingerprint density at radius 1 is 0.750 bits per heavy atom. The van der Waals surface area contributed by atoms with Gasteiger partial charge in [0, 0.05) is 15.5 Å². The van der Waals surface area contributed by atoms with Crippen LogP contribution in [0.5, 0.6) is 0 Å². The Morgan fingerprint density at radius 2 is 1.30 bits per heavy atom. The zero-order chi connectivity index (χ0) is 14.5. The van der Waals surface area contributed by atoms with Crippen LogP contribution in [0.2, 0.25) is 0 Å². The zero-order valence-corrected chi connectivity index (χ0v) is 11.1. The van der Waals surface area contributed by atoms with Crippen LogP contribution >= 0.6 is 11.8 Å². The second-order valence-electron chi connectivity index (χ2n) is 3.89. The van der Waals surface area contributed by atoms with Crippen molar-refractivity contribution in [3.8, 4) is 18.2 Å². The molecule has 0 radical (unpaired) electrons. The van der Waals surface area contributed by atoms with Crippen LogP contribution in [-0.2, 0) is 0 Å². The first kappa shape index (κ1) is 13.5. The normalized spacial score (nSPS) is 9.25. The topological polar surface area (TPSA) is 97.4 Å². The van der Waals surface area contributed by atoms with Gasteiger partial charge in [0.2, 0.25) is 0 Å². The monoisotopic (exact) mass is 276 g/mol. The average Bonchev–Trinajstić information content (AvgIpc) is 2.49. The molecule has 0 bridgehead atoms. The highest BCUT2D eigenvalue weighted by atomic mass is 32.2. The molecule has 2 aromatic rings. The van der Waals surface area contributed by atoms with Crippen molar-refractivity contribution in [3.63, 3.8) is 0 Å². The molecule has 2 aromatic carbocycles. The number of rotatable bonds is 2. The van der Waals surface area contributed by atoms with E-state index in [4.69, 9.17) is 21.5 Å². The summed E-state index contributed by atoms with van der Waals surface area (Å²) in [6.07, 6.45) is 0. The van der Waals surface area contributed by atoms with Crippen molar-refractivity contribution in [2.24, 2.45) is 0 Å². The van der Waals surface area contributed by atoms with E-state index in [9.17, 15) is 0 Å². The first-order valence-corrected chi connectivity index (χ1v) is 6.41. The molecular formula is C15H8N4S. The van der Waals surface area contributed by atoms with Crippen LogP contribution < -0.4 is 5.73 Å². The molecule has 0 saturated carbocycles. The van der Waals surface area contributed by atoms with Gasteiger partial charge in [0.1, 0.15) is 18.2 Å². The molecular weight excluding hydrogens is 268 g/mol. The minimum atomic E-state index is 0.341. The number of hydrogen-bond donors (Lipinski definition) is 1. The summed E-state index contributed by atoms with van der Waals surface area (Å²) in [4.78, 5) is 1.68. The third kappa shape index (κ3) is 2.72. The van der Waals surface area contributed by atoms with E-state index in [1.807, 2.05) is 24.3 Å². The smallest absolute Gasteiger partial charge is 0.101 e. The highest BCUT2D eigenvalue weighted by Gasteiger charge is 2.06. The first-order valence-electron chi connectivity index (χ1n) is 5.59. The van der Waals surface area contributed by atoms with E-state index in [-0.39, 0.29) is 0 Å². The second-order valence-corrected chi connectivity index (χ2v) is 5.04. The lowest BCUT2D eigenvalue weighted by Gasteiger charge is -2.05. The Balaban J connectivity index is 2.34. The first-order chi connectivity index (χ1) is 9.67. The maximum atomic E-state index is 8.99. The van der Waals surface area contributed by atoms with Crippen molar-refractivity contribution in [2.45, 2.75) is 9.79 Å². The number of hydrogen-bond acceptors (Lipinski definition) is 5. The zero-order valence-electron chi connectivity index (χ0n) is 10.3. The molecule has 94 valence electrons. The van der Waals surface area contributed by atoms with Crippen molar-refractivity contribution in [1.29, 1.82) is 15.8 Å². The van der Waals surface area contributed by atoms with E-state index in [0.29, 0.717) is 22.4 Å². The summed E-state index contributed by atoms with van der Waals surface area (Å²) in [6.45, 7) is 0. The Kier molecular flexibility index (Phi) is 3.91. The van der Waals surface area contributed by atoms with E-state index >= 15 is 0 Å². The lowest BCUT2D eigenvalue weighted by Crippen LogP contribution is -1.90. The summed E-state index contributed by atoms with van der Waals surface area (Å²) in [5.74, 6) is 0. The van der Waals surface area contributed by atoms with Gasteiger partial charge in [-0.3, -0.25) is 0 Å². The molecule has 0 heterocycles. The molecule has 2 N–H and O–H groups in total. The molecule has 5 heteroatoms. The molecule has 0 aromatic heterocycles. The standard InChI is InChI=1S/C15H8N4S/c16-7-10-1-2-13(5-11(10)8-17)20-14-3-4-15(19)12(6-14)9-18/h1-6H,19H2. The summed E-state index contributed by atoms with van der Waals surface area (Å²) in [5, 5.41) is 26.8. The maximum Gasteiger partial charge on any atom is 0.101 e. The summed E-state index contributed by atoms with van der Waals surface area (Å²) < 4.78 is 0. The largest absolute Gasteiger partial charge is 0.398 e. The summed E-state index contributed by atoms with van der Waals surface area (Å²) in [7, 11) is 0. The highest BCUT2D eigenvalue weighted by Crippen LogP contribution is 2.30. The van der Waals surface area contributed by atoms with Crippen molar-refractivity contribution in [2.75, 3.05) is 5.73 Å². The maximum absolute atomic E-state index is 8.99. The van der Waals surface area contributed by atoms with E-state index in [1.54, 1.807) is 30.3 Å². The Morgan fingerprint density at radius 3 is 1.90 bits per heavy atom. The van der Waals surface area contributed by atoms with Crippen LogP contribution in [0.1, 0.15) is 16.7 Å². The van der Waals surface area contributed by atoms with Crippen molar-refractivity contribution < 1.29 is 0 Å². The molecule has 0 fully saturated rings. The van der Waals surface area contributed by atoms with Gasteiger partial charge in [-0.05, 0) is 36.4 Å². The van der Waals surface area contributed by atoms with Crippen LogP contribution in [0.4, 0.5) is 5.69 Å². The fraction of sp³-hybridized carbons (Fsp3) is 0. The molecule has 0 aliphatic heterocycles. The van der Waals surface area contributed by atoms with Gasteiger partial charge in [-0.15, -0.1) is 0 Å². The van der Waals surface area contributed by atoms with Crippen molar-refractivity contribution in [1.82, 2.24) is 0 Å². The van der Waals surface area contributed by atoms with Crippen molar-refractivity contribution in [3.05, 3.63) is 53.1 Å². The predicted molar refractivity (Wildman–Crippen MR) is 75.6 cm³/mol. The van der Waals surface area contributed by atoms with Gasteiger partial charge in [0.25, 0.3) is 0 Å². The molecule has 0 amide bonds. The quantitative estimate of drug-likeness (QED) is 0.850. The molecule has 0 aliphatic carbocycles. The summed E-state index contributed by atoms with van der Waals surface area (Å²) >= 11 is 1.41. The van der Waals surface area contributed by atoms with Crippen molar-refractivity contribution >= 4 is 17.4 Å². The minimum absolute atomic E-state index is 0.341. The lowest BCUT2D eigenvalue weighted by molar-refractivity contribution is 1.34. The van der Waals surface area contributed by atoms with Gasteiger partial charge in [-0.1, -0.05) is 11.8 Å². The van der Waals surface area contributed by atoms with E-state index in [2.05, 4.69) is 0 Å². The SMILES string of the molecule is N#Cc1cc(Sc2ccc(C#N)c(C#N)c2)ccc1N. The molecule has 20 heavy (non-hydrogen) atoms. The Labute approximate surface area is 120 Å². The molecule has 0 saturated heterocycles. The van der Waals surface area contributed by atoms with Crippen LogP contribution in [0.3, 0.4) is 0 Å². The van der Waals surface area contributed by atoms with E-state index < -0.39 is 0 Å². The van der Waals surface area contributed by atoms with Crippen LogP contribution in [-0.4, -0.2) is 0 Å². The molecule has 4 nitrogen and oxygen atoms in total. The van der Waals surface area contributed by atoms with Crippen LogP contribution in [0.15, 0.2) is 46.2 Å². The number of nitrogens with two attached hydrogens (primary N) is 1. The van der Waals surface area contributed by atoms with E-state index in [1.165, 1.54) is 11.8 Å². The number of anilines is 1. The number of benzene rings is 2. The number of nitriles is 3. The Hall–Kier alpha value is -2.94. The highest BCUT2D eigenvalue weighted by molar-refractivity contribution is 7.99. The number of nitrogen functional groups attached to an aromatic ring is 1. The third-order valence-corrected chi connectivity index (χ3v) is 3.59. The van der Waals surface area contributed by atoms with Gasteiger partial charge in [-0.2, -0.15) is 15.8 Å². The molecule has 0 atom stereocenters. The fourth-order valence-electron chi connectivity index (χ4n) is 1.61. The molecule has 0 aliphatic rings. The van der Waals surface area contributed by atoms with Gasteiger partial charge < -0.3 is 5.73 Å².